The van der Waals surface area contributed by atoms with Crippen LogP contribution in [0, 0.1) is 10.1 Å². The molecule has 10 heteroatoms. The third kappa shape index (κ3) is 4.77. The number of amides is 1. The van der Waals surface area contributed by atoms with Gasteiger partial charge in [0.05, 0.1) is 9.95 Å². The zero-order valence-electron chi connectivity index (χ0n) is 12.5. The van der Waals surface area contributed by atoms with Crippen molar-refractivity contribution < 1.29 is 23.2 Å². The van der Waals surface area contributed by atoms with Gasteiger partial charge in [-0.05, 0) is 30.3 Å². The predicted octanol–water partition coefficient (Wildman–Crippen LogP) is 3.56. The second-order valence-electron chi connectivity index (χ2n) is 4.84. The first-order valence-electron chi connectivity index (χ1n) is 6.83. The predicted molar refractivity (Wildman–Crippen MR) is 87.0 cm³/mol. The summed E-state index contributed by atoms with van der Waals surface area (Å²) in [5.41, 5.74) is 5.60. The van der Waals surface area contributed by atoms with Crippen LogP contribution in [0.3, 0.4) is 0 Å². The first-order chi connectivity index (χ1) is 11.8. The molecule has 1 amide bonds. The Balaban J connectivity index is 2.17. The maximum Gasteiger partial charge on any atom is 0.387 e. The van der Waals surface area contributed by atoms with Crippen molar-refractivity contribution in [2.24, 2.45) is 5.73 Å². The Morgan fingerprint density at radius 3 is 2.60 bits per heavy atom. The molecule has 7 nitrogen and oxygen atoms in total. The molecule has 0 aliphatic carbocycles. The summed E-state index contributed by atoms with van der Waals surface area (Å²) in [5, 5.41) is 14.0. The highest BCUT2D eigenvalue weighted by molar-refractivity contribution is 6.32. The minimum Gasteiger partial charge on any atom is -0.433 e. The van der Waals surface area contributed by atoms with E-state index in [1.165, 1.54) is 30.3 Å². The first-order valence-corrected chi connectivity index (χ1v) is 7.21. The largest absolute Gasteiger partial charge is 0.433 e. The number of hydrogen-bond donors (Lipinski definition) is 2. The molecule has 0 bridgehead atoms. The fourth-order valence-corrected chi connectivity index (χ4v) is 2.26. The highest BCUT2D eigenvalue weighted by Crippen LogP contribution is 2.29. The highest BCUT2D eigenvalue weighted by Gasteiger charge is 2.16. The molecule has 0 fully saturated rings. The number of nitro benzene ring substituents is 1. The summed E-state index contributed by atoms with van der Waals surface area (Å²) in [6.45, 7) is -2.96. The van der Waals surface area contributed by atoms with Crippen molar-refractivity contribution in [1.82, 2.24) is 0 Å². The van der Waals surface area contributed by atoms with Crippen molar-refractivity contribution in [1.29, 1.82) is 0 Å². The van der Waals surface area contributed by atoms with E-state index in [-0.39, 0.29) is 28.6 Å². The van der Waals surface area contributed by atoms with Gasteiger partial charge in [0.15, 0.2) is 0 Å². The number of nitrogens with zero attached hydrogens (tertiary/aromatic N) is 1. The van der Waals surface area contributed by atoms with E-state index < -0.39 is 17.4 Å². The number of nitrogens with two attached hydrogens (primary N) is 1. The molecule has 2 aromatic carbocycles. The maximum absolute atomic E-state index is 12.2. The van der Waals surface area contributed by atoms with Crippen LogP contribution in [-0.4, -0.2) is 17.4 Å². The van der Waals surface area contributed by atoms with Crippen LogP contribution in [-0.2, 0) is 6.54 Å². The minimum absolute atomic E-state index is 0.0204. The molecule has 3 N–H and O–H groups in total. The third-order valence-electron chi connectivity index (χ3n) is 3.20. The lowest BCUT2D eigenvalue weighted by atomic mass is 10.1. The van der Waals surface area contributed by atoms with Gasteiger partial charge in [-0.1, -0.05) is 11.6 Å². The van der Waals surface area contributed by atoms with Gasteiger partial charge in [-0.3, -0.25) is 14.9 Å². The second kappa shape index (κ2) is 7.75. The van der Waals surface area contributed by atoms with Crippen molar-refractivity contribution in [3.05, 3.63) is 62.7 Å². The Hall–Kier alpha value is -2.94. The number of ether oxygens (including phenoxy) is 1. The Labute approximate surface area is 145 Å². The van der Waals surface area contributed by atoms with Crippen LogP contribution < -0.4 is 15.8 Å². The summed E-state index contributed by atoms with van der Waals surface area (Å²) < 4.78 is 28.6. The van der Waals surface area contributed by atoms with Crippen LogP contribution in [0.4, 0.5) is 20.2 Å². The molecule has 0 spiro atoms. The van der Waals surface area contributed by atoms with E-state index >= 15 is 0 Å². The lowest BCUT2D eigenvalue weighted by Gasteiger charge is -2.11. The summed E-state index contributed by atoms with van der Waals surface area (Å²) in [6.07, 6.45) is 0. The fraction of sp³-hybridized carbons (Fsp3) is 0.133. The normalized spacial score (nSPS) is 10.6. The number of anilines is 1. The van der Waals surface area contributed by atoms with Gasteiger partial charge < -0.3 is 15.8 Å². The molecule has 0 aliphatic heterocycles. The molecule has 0 saturated carbocycles. The van der Waals surface area contributed by atoms with Crippen LogP contribution >= 0.6 is 11.6 Å². The van der Waals surface area contributed by atoms with Gasteiger partial charge in [0.25, 0.3) is 5.69 Å². The van der Waals surface area contributed by atoms with Gasteiger partial charge in [0.1, 0.15) is 5.75 Å². The lowest BCUT2D eigenvalue weighted by molar-refractivity contribution is -0.385. The summed E-state index contributed by atoms with van der Waals surface area (Å²) in [5.74, 6) is -0.956. The minimum atomic E-state index is -3.00. The van der Waals surface area contributed by atoms with Gasteiger partial charge in [0, 0.05) is 29.4 Å². The van der Waals surface area contributed by atoms with E-state index in [1.807, 2.05) is 0 Å². The Morgan fingerprint density at radius 2 is 2.04 bits per heavy atom. The monoisotopic (exact) mass is 371 g/mol. The second-order valence-corrected chi connectivity index (χ2v) is 5.25. The topological polar surface area (TPSA) is 107 Å². The van der Waals surface area contributed by atoms with E-state index in [4.69, 9.17) is 17.3 Å². The third-order valence-corrected chi connectivity index (χ3v) is 3.49. The SMILES string of the molecule is NC(=O)c1ccc(CNc2ccc(OC(F)F)c(Cl)c2)c([N+](=O)[O-])c1. The molecule has 2 aromatic rings. The van der Waals surface area contributed by atoms with Gasteiger partial charge in [-0.15, -0.1) is 0 Å². The number of nitrogens with one attached hydrogen (secondary N) is 1. The molecule has 0 unspecified atom stereocenters. The molecule has 0 atom stereocenters. The molecular weight excluding hydrogens is 360 g/mol. The number of carbonyl (C=O) groups is 1. The van der Waals surface area contributed by atoms with Crippen LogP contribution in [0.25, 0.3) is 0 Å². The summed E-state index contributed by atoms with van der Waals surface area (Å²) in [6, 6.07) is 7.91. The molecule has 0 heterocycles. The molecule has 0 aromatic heterocycles. The van der Waals surface area contributed by atoms with Gasteiger partial charge in [0.2, 0.25) is 5.91 Å². The maximum atomic E-state index is 12.2. The van der Waals surface area contributed by atoms with Crippen molar-refractivity contribution >= 4 is 28.9 Å². The average molecular weight is 372 g/mol. The number of rotatable bonds is 7. The van der Waals surface area contributed by atoms with Crippen molar-refractivity contribution in [3.8, 4) is 5.75 Å². The quantitative estimate of drug-likeness (QED) is 0.571. The van der Waals surface area contributed by atoms with Gasteiger partial charge in [-0.2, -0.15) is 8.78 Å². The highest BCUT2D eigenvalue weighted by atomic mass is 35.5. The van der Waals surface area contributed by atoms with Gasteiger partial charge >= 0.3 is 6.61 Å². The summed E-state index contributed by atoms with van der Waals surface area (Å²) in [7, 11) is 0. The van der Waals surface area contributed by atoms with Gasteiger partial charge in [-0.25, -0.2) is 0 Å². The van der Waals surface area contributed by atoms with Crippen molar-refractivity contribution in [2.75, 3.05) is 5.32 Å². The number of nitro groups is 1. The molecule has 0 saturated heterocycles. The number of halogens is 3. The summed E-state index contributed by atoms with van der Waals surface area (Å²) in [4.78, 5) is 21.6. The van der Waals surface area contributed by atoms with Crippen LogP contribution in [0.1, 0.15) is 15.9 Å². The average Bonchev–Trinajstić information content (AvgIpc) is 2.54. The van der Waals surface area contributed by atoms with Crippen LogP contribution in [0.5, 0.6) is 5.75 Å². The molecule has 0 aliphatic rings. The number of hydrogen-bond acceptors (Lipinski definition) is 5. The van der Waals surface area contributed by atoms with Crippen LogP contribution in [0.2, 0.25) is 5.02 Å². The van der Waals surface area contributed by atoms with Crippen molar-refractivity contribution in [2.45, 2.75) is 13.2 Å². The Bertz CT molecular complexity index is 817. The lowest BCUT2D eigenvalue weighted by Crippen LogP contribution is -2.12. The molecule has 132 valence electrons. The number of alkyl halides is 2. The number of carbonyl (C=O) groups excluding carboxylic acids is 1. The summed E-state index contributed by atoms with van der Waals surface area (Å²) >= 11 is 5.83. The van der Waals surface area contributed by atoms with E-state index in [2.05, 4.69) is 10.1 Å². The molecular formula is C15H12ClF2N3O4. The molecule has 0 radical (unpaired) electrons. The van der Waals surface area contributed by atoms with E-state index in [0.29, 0.717) is 11.3 Å². The zero-order valence-corrected chi connectivity index (χ0v) is 13.3. The van der Waals surface area contributed by atoms with Crippen LogP contribution in [0.15, 0.2) is 36.4 Å². The molecule has 25 heavy (non-hydrogen) atoms. The number of benzene rings is 2. The molecule has 2 rings (SSSR count). The van der Waals surface area contributed by atoms with E-state index in [9.17, 15) is 23.7 Å². The van der Waals surface area contributed by atoms with E-state index in [1.54, 1.807) is 0 Å². The van der Waals surface area contributed by atoms with Crippen molar-refractivity contribution in [3.63, 3.8) is 0 Å². The number of primary amides is 1. The standard InChI is InChI=1S/C15H12ClF2N3O4/c16-11-6-10(3-4-13(11)25-15(17)18)20-7-9-2-1-8(14(19)22)5-12(9)21(23)24/h1-6,15,20H,7H2,(H2,19,22). The zero-order chi connectivity index (χ0) is 18.6. The fourth-order valence-electron chi connectivity index (χ4n) is 2.04. The Kier molecular flexibility index (Phi) is 5.71. The smallest absolute Gasteiger partial charge is 0.387 e. The van der Waals surface area contributed by atoms with E-state index in [0.717, 1.165) is 6.07 Å². The first kappa shape index (κ1) is 18.4. The Morgan fingerprint density at radius 1 is 1.32 bits per heavy atom.